The van der Waals surface area contributed by atoms with Gasteiger partial charge in [0, 0.05) is 30.1 Å². The Morgan fingerprint density at radius 1 is 0.976 bits per heavy atom. The molecule has 0 radical (unpaired) electrons. The SMILES string of the molecule is CC(=Nn1c(-c2cccc([N+](=O)[O-])c2)csc1=Nc1c(C)n(C)n(-c2ccccc2)c1=O)c1ccc(C(C)(C)C)cc1. The zero-order valence-corrected chi connectivity index (χ0v) is 25.2. The number of non-ortho nitro benzene ring substituents is 1. The fourth-order valence-electron chi connectivity index (χ4n) is 4.65. The lowest BCUT2D eigenvalue weighted by Gasteiger charge is -2.19. The number of para-hydroxylation sites is 1. The third-order valence-electron chi connectivity index (χ3n) is 7.19. The van der Waals surface area contributed by atoms with Gasteiger partial charge in [0.15, 0.2) is 5.69 Å². The molecule has 2 aromatic heterocycles. The van der Waals surface area contributed by atoms with Gasteiger partial charge in [-0.3, -0.25) is 19.6 Å². The maximum atomic E-state index is 13.6. The summed E-state index contributed by atoms with van der Waals surface area (Å²) < 4.78 is 5.02. The van der Waals surface area contributed by atoms with Crippen molar-refractivity contribution >= 4 is 28.4 Å². The summed E-state index contributed by atoms with van der Waals surface area (Å²) in [5, 5.41) is 18.3. The Labute approximate surface area is 247 Å². The van der Waals surface area contributed by atoms with Gasteiger partial charge in [-0.25, -0.2) is 14.4 Å². The Balaban J connectivity index is 1.71. The minimum absolute atomic E-state index is 0.0210. The molecule has 0 fully saturated rings. The van der Waals surface area contributed by atoms with Crippen LogP contribution < -0.4 is 10.4 Å². The molecule has 3 aromatic carbocycles. The van der Waals surface area contributed by atoms with Crippen LogP contribution in [0.1, 0.15) is 44.5 Å². The fraction of sp³-hybridized carbons (Fsp3) is 0.219. The van der Waals surface area contributed by atoms with Crippen molar-refractivity contribution in [2.24, 2.45) is 17.1 Å². The third-order valence-corrected chi connectivity index (χ3v) is 8.00. The van der Waals surface area contributed by atoms with Crippen LogP contribution in [-0.2, 0) is 12.5 Å². The summed E-state index contributed by atoms with van der Waals surface area (Å²) >= 11 is 1.31. The Hall–Kier alpha value is -4.83. The van der Waals surface area contributed by atoms with E-state index in [9.17, 15) is 14.9 Å². The third kappa shape index (κ3) is 5.53. The lowest BCUT2D eigenvalue weighted by molar-refractivity contribution is -0.384. The monoisotopic (exact) mass is 580 g/mol. The molecule has 0 amide bonds. The fourth-order valence-corrected chi connectivity index (χ4v) is 5.48. The molecule has 0 bridgehead atoms. The molecular formula is C32H32N6O3S. The van der Waals surface area contributed by atoms with E-state index in [4.69, 9.17) is 10.1 Å². The average Bonchev–Trinajstić information content (AvgIpc) is 3.46. The minimum Gasteiger partial charge on any atom is -0.283 e. The molecule has 5 aromatic rings. The number of hydrogen-bond acceptors (Lipinski definition) is 6. The van der Waals surface area contributed by atoms with Crippen molar-refractivity contribution in [2.75, 3.05) is 0 Å². The number of nitro benzene ring substituents is 1. The Kier molecular flexibility index (Phi) is 7.66. The van der Waals surface area contributed by atoms with E-state index in [0.29, 0.717) is 27.4 Å². The number of nitrogens with zero attached hydrogens (tertiary/aromatic N) is 6. The van der Waals surface area contributed by atoms with Crippen LogP contribution in [-0.4, -0.2) is 24.7 Å². The van der Waals surface area contributed by atoms with E-state index >= 15 is 0 Å². The highest BCUT2D eigenvalue weighted by Gasteiger charge is 2.18. The molecule has 0 aliphatic rings. The van der Waals surface area contributed by atoms with Gasteiger partial charge in [0.25, 0.3) is 11.2 Å². The molecule has 5 rings (SSSR count). The number of nitro groups is 1. The molecule has 0 aliphatic carbocycles. The molecule has 0 N–H and O–H groups in total. The summed E-state index contributed by atoms with van der Waals surface area (Å²) in [6, 6.07) is 24.1. The number of rotatable bonds is 6. The zero-order valence-electron chi connectivity index (χ0n) is 24.4. The zero-order chi connectivity index (χ0) is 30.2. The first-order valence-corrected chi connectivity index (χ1v) is 14.3. The molecule has 0 aliphatic heterocycles. The summed E-state index contributed by atoms with van der Waals surface area (Å²) in [5.74, 6) is 0. The molecule has 0 spiro atoms. The molecule has 42 heavy (non-hydrogen) atoms. The number of thiazole rings is 1. The number of aromatic nitrogens is 3. The first kappa shape index (κ1) is 28.7. The van der Waals surface area contributed by atoms with Gasteiger partial charge in [0.05, 0.1) is 27.7 Å². The average molecular weight is 581 g/mol. The summed E-state index contributed by atoms with van der Waals surface area (Å²) in [7, 11) is 1.82. The molecule has 214 valence electrons. The van der Waals surface area contributed by atoms with Crippen molar-refractivity contribution in [3.05, 3.63) is 126 Å². The van der Waals surface area contributed by atoms with Gasteiger partial charge >= 0.3 is 0 Å². The minimum atomic E-state index is -0.420. The smallest absolute Gasteiger partial charge is 0.283 e. The maximum absolute atomic E-state index is 13.6. The van der Waals surface area contributed by atoms with Gasteiger partial charge < -0.3 is 0 Å². The molecule has 10 heteroatoms. The lowest BCUT2D eigenvalue weighted by atomic mass is 9.86. The largest absolute Gasteiger partial charge is 0.297 e. The van der Waals surface area contributed by atoms with Crippen molar-refractivity contribution in [3.63, 3.8) is 0 Å². The van der Waals surface area contributed by atoms with Crippen LogP contribution in [0.3, 0.4) is 0 Å². The summed E-state index contributed by atoms with van der Waals surface area (Å²) in [6.45, 7) is 10.3. The van der Waals surface area contributed by atoms with Crippen LogP contribution in [0.5, 0.6) is 0 Å². The molecule has 0 unspecified atom stereocenters. The second-order valence-corrected chi connectivity index (χ2v) is 11.9. The van der Waals surface area contributed by atoms with Crippen LogP contribution in [0.2, 0.25) is 0 Å². The quantitative estimate of drug-likeness (QED) is 0.127. The molecule has 0 saturated heterocycles. The first-order valence-electron chi connectivity index (χ1n) is 13.5. The van der Waals surface area contributed by atoms with E-state index in [1.54, 1.807) is 26.2 Å². The van der Waals surface area contributed by atoms with Crippen LogP contribution in [0.4, 0.5) is 11.4 Å². The van der Waals surface area contributed by atoms with Gasteiger partial charge in [0.2, 0.25) is 4.80 Å². The maximum Gasteiger partial charge on any atom is 0.297 e. The van der Waals surface area contributed by atoms with Gasteiger partial charge in [-0.2, -0.15) is 5.10 Å². The predicted molar refractivity (Wildman–Crippen MR) is 168 cm³/mol. The normalized spacial score (nSPS) is 12.6. The predicted octanol–water partition coefficient (Wildman–Crippen LogP) is 6.72. The van der Waals surface area contributed by atoms with Crippen molar-refractivity contribution in [3.8, 4) is 16.9 Å². The number of benzene rings is 3. The summed E-state index contributed by atoms with van der Waals surface area (Å²) in [5.41, 5.74) is 5.59. The topological polar surface area (TPSA) is 99.7 Å². The van der Waals surface area contributed by atoms with E-state index < -0.39 is 4.92 Å². The van der Waals surface area contributed by atoms with Gasteiger partial charge in [0.1, 0.15) is 0 Å². The van der Waals surface area contributed by atoms with Crippen LogP contribution in [0.15, 0.2) is 99.1 Å². The Morgan fingerprint density at radius 2 is 1.67 bits per heavy atom. The molecule has 0 saturated carbocycles. The number of hydrogen-bond donors (Lipinski definition) is 0. The van der Waals surface area contributed by atoms with E-state index in [1.165, 1.54) is 29.0 Å². The summed E-state index contributed by atoms with van der Waals surface area (Å²) in [6.07, 6.45) is 0. The van der Waals surface area contributed by atoms with Gasteiger partial charge in [-0.15, -0.1) is 11.3 Å². The van der Waals surface area contributed by atoms with Crippen LogP contribution >= 0.6 is 11.3 Å². The highest BCUT2D eigenvalue weighted by atomic mass is 32.1. The van der Waals surface area contributed by atoms with Crippen LogP contribution in [0.25, 0.3) is 16.9 Å². The van der Waals surface area contributed by atoms with E-state index in [2.05, 4.69) is 32.9 Å². The van der Waals surface area contributed by atoms with E-state index in [1.807, 2.05) is 68.7 Å². The van der Waals surface area contributed by atoms with Crippen molar-refractivity contribution in [1.29, 1.82) is 0 Å². The Morgan fingerprint density at radius 3 is 2.31 bits per heavy atom. The Bertz CT molecular complexity index is 1940. The van der Waals surface area contributed by atoms with Crippen molar-refractivity contribution < 1.29 is 4.92 Å². The highest BCUT2D eigenvalue weighted by molar-refractivity contribution is 7.07. The van der Waals surface area contributed by atoms with Crippen LogP contribution in [0, 0.1) is 17.0 Å². The first-order chi connectivity index (χ1) is 20.0. The second kappa shape index (κ2) is 11.2. The van der Waals surface area contributed by atoms with Gasteiger partial charge in [-0.1, -0.05) is 75.4 Å². The molecule has 0 atom stereocenters. The van der Waals surface area contributed by atoms with Gasteiger partial charge in [-0.05, 0) is 42.5 Å². The van der Waals surface area contributed by atoms with Crippen molar-refractivity contribution in [2.45, 2.75) is 40.0 Å². The molecule has 2 heterocycles. The molecular weight excluding hydrogens is 548 g/mol. The standard InChI is InChI=1S/C32H32N6O3S/c1-21(23-15-17-25(18-16-23)32(3,4)5)34-36-28(24-11-10-14-27(19-24)38(40)41)20-42-31(36)33-29-22(2)35(6)37(30(29)39)26-12-8-7-9-13-26/h7-20H,1-6H3. The van der Waals surface area contributed by atoms with E-state index in [-0.39, 0.29) is 16.7 Å². The summed E-state index contributed by atoms with van der Waals surface area (Å²) in [4.78, 5) is 30.0. The van der Waals surface area contributed by atoms with Crippen molar-refractivity contribution in [1.82, 2.24) is 14.0 Å². The molecule has 9 nitrogen and oxygen atoms in total. The highest BCUT2D eigenvalue weighted by Crippen LogP contribution is 2.26. The second-order valence-electron chi connectivity index (χ2n) is 11.1. The van der Waals surface area contributed by atoms with E-state index in [0.717, 1.165) is 17.0 Å². The lowest BCUT2D eigenvalue weighted by Crippen LogP contribution is -2.20.